The SMILES string of the molecule is COC(=O)[C@H]1CC[C@@]12CCc1ccc(OCc3ccc(-c4cc(OC)ccc4F)c([C@@H]4CCCC4(C)C)c3)cc12. The lowest BCUT2D eigenvalue weighted by atomic mass is 9.57. The zero-order valence-electron chi connectivity index (χ0n) is 24.0. The van der Waals surface area contributed by atoms with Crippen LogP contribution in [-0.2, 0) is 28.0 Å². The lowest BCUT2D eigenvalue weighted by Gasteiger charge is -2.46. The quantitative estimate of drug-likeness (QED) is 0.283. The summed E-state index contributed by atoms with van der Waals surface area (Å²) in [4.78, 5) is 12.5. The van der Waals surface area contributed by atoms with Crippen LogP contribution in [0.15, 0.2) is 54.6 Å². The summed E-state index contributed by atoms with van der Waals surface area (Å²) in [5, 5.41) is 0. The third-order valence-corrected chi connectivity index (χ3v) is 10.1. The van der Waals surface area contributed by atoms with Crippen LogP contribution >= 0.6 is 0 Å². The number of fused-ring (bicyclic) bond motifs is 2. The maximum Gasteiger partial charge on any atom is 0.309 e. The number of rotatable bonds is 7. The van der Waals surface area contributed by atoms with Gasteiger partial charge in [0.15, 0.2) is 0 Å². The van der Waals surface area contributed by atoms with E-state index in [1.807, 2.05) is 18.2 Å². The Bertz CT molecular complexity index is 1440. The maximum absolute atomic E-state index is 15.1. The first-order chi connectivity index (χ1) is 19.3. The smallest absolute Gasteiger partial charge is 0.309 e. The fraction of sp³-hybridized carbons (Fsp3) is 0.457. The minimum Gasteiger partial charge on any atom is -0.497 e. The highest BCUT2D eigenvalue weighted by atomic mass is 19.1. The Hall–Kier alpha value is -3.34. The molecule has 3 atom stereocenters. The Balaban J connectivity index is 1.30. The number of carbonyl (C=O) groups excluding carboxylic acids is 1. The highest BCUT2D eigenvalue weighted by Crippen LogP contribution is 2.57. The van der Waals surface area contributed by atoms with E-state index in [0.717, 1.165) is 55.4 Å². The molecular weight excluding hydrogens is 503 g/mol. The summed E-state index contributed by atoms with van der Waals surface area (Å²) in [5.41, 5.74) is 6.35. The van der Waals surface area contributed by atoms with Crippen molar-refractivity contribution in [2.45, 2.75) is 76.7 Å². The Morgan fingerprint density at radius 2 is 1.75 bits per heavy atom. The standard InChI is InChI=1S/C35H39FO4/c1-34(2)15-5-6-29(34)27-18-22(7-11-26(27)28-19-24(38-3)10-12-32(28)36)21-40-25-9-8-23-13-16-35(31(23)20-25)17-14-30(35)33(37)39-4/h7-12,18-20,29-30H,5-6,13-17,21H2,1-4H3/t29-,30+,35-/m0/s1. The van der Waals surface area contributed by atoms with Crippen molar-refractivity contribution in [2.24, 2.45) is 11.3 Å². The molecule has 5 heteroatoms. The highest BCUT2D eigenvalue weighted by Gasteiger charge is 2.55. The number of aryl methyl sites for hydroxylation is 1. The highest BCUT2D eigenvalue weighted by molar-refractivity contribution is 5.77. The van der Waals surface area contributed by atoms with Crippen LogP contribution in [0, 0.1) is 17.2 Å². The number of methoxy groups -OCH3 is 2. The molecule has 3 aliphatic carbocycles. The van der Waals surface area contributed by atoms with Gasteiger partial charge in [-0.3, -0.25) is 4.79 Å². The van der Waals surface area contributed by atoms with Crippen LogP contribution in [0.4, 0.5) is 4.39 Å². The van der Waals surface area contributed by atoms with Crippen molar-refractivity contribution in [2.75, 3.05) is 14.2 Å². The number of halogens is 1. The molecule has 0 amide bonds. The second kappa shape index (κ2) is 10.2. The second-order valence-electron chi connectivity index (χ2n) is 12.6. The van der Waals surface area contributed by atoms with Gasteiger partial charge >= 0.3 is 5.97 Å². The van der Waals surface area contributed by atoms with Crippen LogP contribution in [-0.4, -0.2) is 20.2 Å². The van der Waals surface area contributed by atoms with Gasteiger partial charge in [-0.15, -0.1) is 0 Å². The molecular formula is C35H39FO4. The Labute approximate surface area is 236 Å². The maximum atomic E-state index is 15.1. The minimum atomic E-state index is -0.241. The van der Waals surface area contributed by atoms with Crippen molar-refractivity contribution < 1.29 is 23.4 Å². The van der Waals surface area contributed by atoms with Crippen LogP contribution in [0.2, 0.25) is 0 Å². The van der Waals surface area contributed by atoms with E-state index in [0.29, 0.717) is 23.8 Å². The monoisotopic (exact) mass is 542 g/mol. The van der Waals surface area contributed by atoms with Gasteiger partial charge in [0.2, 0.25) is 0 Å². The fourth-order valence-electron chi connectivity index (χ4n) is 7.71. The molecule has 3 aromatic rings. The predicted octanol–water partition coefficient (Wildman–Crippen LogP) is 8.14. The molecule has 2 saturated carbocycles. The lowest BCUT2D eigenvalue weighted by molar-refractivity contribution is -0.153. The molecule has 6 rings (SSSR count). The molecule has 4 nitrogen and oxygen atoms in total. The van der Waals surface area contributed by atoms with Crippen molar-refractivity contribution in [3.63, 3.8) is 0 Å². The Morgan fingerprint density at radius 1 is 0.925 bits per heavy atom. The summed E-state index contributed by atoms with van der Waals surface area (Å²) in [6.45, 7) is 5.07. The molecule has 3 aromatic carbocycles. The van der Waals surface area contributed by atoms with E-state index in [4.69, 9.17) is 14.2 Å². The van der Waals surface area contributed by atoms with Crippen LogP contribution < -0.4 is 9.47 Å². The van der Waals surface area contributed by atoms with E-state index < -0.39 is 0 Å². The summed E-state index contributed by atoms with van der Waals surface area (Å²) in [5.74, 6) is 1.41. The predicted molar refractivity (Wildman–Crippen MR) is 154 cm³/mol. The van der Waals surface area contributed by atoms with E-state index in [1.54, 1.807) is 19.2 Å². The number of ether oxygens (including phenoxy) is 3. The van der Waals surface area contributed by atoms with Crippen LogP contribution in [0.25, 0.3) is 11.1 Å². The Morgan fingerprint density at radius 3 is 2.45 bits per heavy atom. The van der Waals surface area contributed by atoms with Gasteiger partial charge in [0.25, 0.3) is 0 Å². The average molecular weight is 543 g/mol. The van der Waals surface area contributed by atoms with Gasteiger partial charge in [-0.05, 0) is 108 Å². The zero-order valence-corrected chi connectivity index (χ0v) is 24.0. The lowest BCUT2D eigenvalue weighted by Crippen LogP contribution is -2.47. The molecule has 0 radical (unpaired) electrons. The molecule has 0 heterocycles. The zero-order chi connectivity index (χ0) is 28.1. The van der Waals surface area contributed by atoms with Crippen LogP contribution in [0.5, 0.6) is 11.5 Å². The first-order valence-corrected chi connectivity index (χ1v) is 14.6. The normalized spacial score (nSPS) is 24.4. The molecule has 0 saturated heterocycles. The number of hydrogen-bond acceptors (Lipinski definition) is 4. The van der Waals surface area contributed by atoms with E-state index in [9.17, 15) is 4.79 Å². The molecule has 0 aliphatic heterocycles. The summed E-state index contributed by atoms with van der Waals surface area (Å²) >= 11 is 0. The molecule has 40 heavy (non-hydrogen) atoms. The minimum absolute atomic E-state index is 0.0594. The molecule has 210 valence electrons. The molecule has 0 bridgehead atoms. The molecule has 3 aliphatic rings. The number of benzene rings is 3. The van der Waals surface area contributed by atoms with Gasteiger partial charge < -0.3 is 14.2 Å². The first-order valence-electron chi connectivity index (χ1n) is 14.6. The van der Waals surface area contributed by atoms with Crippen LogP contribution in [0.1, 0.15) is 80.5 Å². The molecule has 0 aromatic heterocycles. The van der Waals surface area contributed by atoms with E-state index >= 15 is 4.39 Å². The molecule has 0 unspecified atom stereocenters. The fourth-order valence-corrected chi connectivity index (χ4v) is 7.71. The van der Waals surface area contributed by atoms with Crippen molar-refractivity contribution >= 4 is 5.97 Å². The molecule has 0 N–H and O–H groups in total. The number of esters is 1. The van der Waals surface area contributed by atoms with Gasteiger partial charge in [0, 0.05) is 11.0 Å². The third-order valence-electron chi connectivity index (χ3n) is 10.1. The Kier molecular flexibility index (Phi) is 6.88. The largest absolute Gasteiger partial charge is 0.497 e. The van der Waals surface area contributed by atoms with E-state index in [2.05, 4.69) is 32.0 Å². The summed E-state index contributed by atoms with van der Waals surface area (Å²) in [6.07, 6.45) is 7.30. The van der Waals surface area contributed by atoms with Gasteiger partial charge in [-0.2, -0.15) is 0 Å². The van der Waals surface area contributed by atoms with Gasteiger partial charge in [-0.1, -0.05) is 44.5 Å². The van der Waals surface area contributed by atoms with Gasteiger partial charge in [0.1, 0.15) is 23.9 Å². The third kappa shape index (κ3) is 4.48. The second-order valence-corrected chi connectivity index (χ2v) is 12.6. The number of hydrogen-bond donors (Lipinski definition) is 0. The van der Waals surface area contributed by atoms with E-state index in [-0.39, 0.29) is 28.5 Å². The number of carbonyl (C=O) groups is 1. The molecule has 1 spiro atoms. The summed E-state index contributed by atoms with van der Waals surface area (Å²) < 4.78 is 32.0. The average Bonchev–Trinajstić information content (AvgIpc) is 3.51. The summed E-state index contributed by atoms with van der Waals surface area (Å²) in [7, 11) is 3.10. The van der Waals surface area contributed by atoms with Crippen molar-refractivity contribution in [3.05, 3.63) is 82.7 Å². The van der Waals surface area contributed by atoms with Gasteiger partial charge in [0.05, 0.1) is 20.1 Å². The van der Waals surface area contributed by atoms with Gasteiger partial charge in [-0.25, -0.2) is 4.39 Å². The van der Waals surface area contributed by atoms with Crippen molar-refractivity contribution in [1.29, 1.82) is 0 Å². The topological polar surface area (TPSA) is 44.8 Å². The first kappa shape index (κ1) is 26.9. The van der Waals surface area contributed by atoms with Crippen molar-refractivity contribution in [3.8, 4) is 22.6 Å². The van der Waals surface area contributed by atoms with E-state index in [1.165, 1.54) is 36.3 Å². The molecule has 2 fully saturated rings. The van der Waals surface area contributed by atoms with Crippen molar-refractivity contribution in [1.82, 2.24) is 0 Å². The summed E-state index contributed by atoms with van der Waals surface area (Å²) in [6, 6.07) is 17.6. The van der Waals surface area contributed by atoms with Crippen LogP contribution in [0.3, 0.4) is 0 Å².